The molecule has 4 rings (SSSR count). The lowest BCUT2D eigenvalue weighted by Crippen LogP contribution is -2.32. The molecule has 0 spiro atoms. The van der Waals surface area contributed by atoms with E-state index < -0.39 is 5.82 Å². The molecule has 0 aliphatic rings. The summed E-state index contributed by atoms with van der Waals surface area (Å²) < 4.78 is 35.2. The first-order valence-corrected chi connectivity index (χ1v) is 14.6. The minimum Gasteiger partial charge on any atom is -0.493 e. The van der Waals surface area contributed by atoms with Crippen LogP contribution in [-0.2, 0) is 19.1 Å². The number of carbonyl (C=O) groups is 2. The van der Waals surface area contributed by atoms with Crippen molar-refractivity contribution in [3.8, 4) is 11.5 Å². The van der Waals surface area contributed by atoms with Gasteiger partial charge in [-0.15, -0.1) is 0 Å². The third-order valence-corrected chi connectivity index (χ3v) is 6.55. The minimum absolute atomic E-state index is 0.0233. The van der Waals surface area contributed by atoms with E-state index in [4.69, 9.17) is 36.3 Å². The van der Waals surface area contributed by atoms with Crippen LogP contribution in [0.5, 0.6) is 11.5 Å². The van der Waals surface area contributed by atoms with Crippen molar-refractivity contribution >= 4 is 57.6 Å². The van der Waals surface area contributed by atoms with E-state index >= 15 is 0 Å². The predicted octanol–water partition coefficient (Wildman–Crippen LogP) is 4.31. The third kappa shape index (κ3) is 10.4. The number of rotatable bonds is 17. The molecular formula is C32H34ClFN6O6. The number of fused-ring (bicyclic) bond motifs is 1. The minimum atomic E-state index is -0.528. The molecule has 0 radical (unpaired) electrons. The zero-order valence-corrected chi connectivity index (χ0v) is 25.8. The number of hydrogen-bond acceptors (Lipinski definition) is 10. The van der Waals surface area contributed by atoms with Crippen LogP contribution in [0, 0.1) is 5.82 Å². The summed E-state index contributed by atoms with van der Waals surface area (Å²) in [5.74, 6) is 0.0136. The Labute approximate surface area is 270 Å². The van der Waals surface area contributed by atoms with E-state index in [-0.39, 0.29) is 23.4 Å². The van der Waals surface area contributed by atoms with Gasteiger partial charge in [-0.1, -0.05) is 17.7 Å². The van der Waals surface area contributed by atoms with E-state index in [0.29, 0.717) is 84.7 Å². The fourth-order valence-electron chi connectivity index (χ4n) is 4.07. The first-order chi connectivity index (χ1) is 22.4. The molecule has 1 heterocycles. The normalized spacial score (nSPS) is 11.0. The second kappa shape index (κ2) is 17.6. The smallest absolute Gasteiger partial charge is 0.258 e. The van der Waals surface area contributed by atoms with Gasteiger partial charge >= 0.3 is 0 Å². The number of hydrogen-bond donors (Lipinski definition) is 4. The molecule has 3 aromatic carbocycles. The van der Waals surface area contributed by atoms with E-state index in [2.05, 4.69) is 25.9 Å². The Hall–Kier alpha value is -4.82. The second-order valence-corrected chi connectivity index (χ2v) is 10.0. The van der Waals surface area contributed by atoms with Gasteiger partial charge in [0.25, 0.3) is 5.91 Å². The maximum absolute atomic E-state index is 13.6. The van der Waals surface area contributed by atoms with Crippen LogP contribution in [0.4, 0.5) is 21.6 Å². The number of benzene rings is 3. The van der Waals surface area contributed by atoms with Crippen molar-refractivity contribution in [2.45, 2.75) is 0 Å². The van der Waals surface area contributed by atoms with E-state index in [1.807, 2.05) is 0 Å². The van der Waals surface area contributed by atoms with Gasteiger partial charge in [0, 0.05) is 35.9 Å². The van der Waals surface area contributed by atoms with Crippen LogP contribution in [0.25, 0.3) is 17.0 Å². The zero-order valence-electron chi connectivity index (χ0n) is 25.1. The number of nitrogens with two attached hydrogens (primary N) is 1. The van der Waals surface area contributed by atoms with Crippen molar-refractivity contribution in [3.05, 3.63) is 83.4 Å². The summed E-state index contributed by atoms with van der Waals surface area (Å²) in [5, 5.41) is 9.25. The highest BCUT2D eigenvalue weighted by Crippen LogP contribution is 2.29. The molecule has 5 N–H and O–H groups in total. The first kappa shape index (κ1) is 34.1. The molecule has 0 atom stereocenters. The van der Waals surface area contributed by atoms with Gasteiger partial charge in [0.2, 0.25) is 5.91 Å². The molecule has 0 saturated heterocycles. The Bertz CT molecular complexity index is 1670. The third-order valence-electron chi connectivity index (χ3n) is 6.26. The summed E-state index contributed by atoms with van der Waals surface area (Å²) in [5.41, 5.74) is 7.71. The lowest BCUT2D eigenvalue weighted by Gasteiger charge is -2.12. The molecule has 0 bridgehead atoms. The molecule has 0 unspecified atom stereocenters. The van der Waals surface area contributed by atoms with Crippen LogP contribution >= 0.6 is 11.6 Å². The van der Waals surface area contributed by atoms with Gasteiger partial charge in [0.15, 0.2) is 18.1 Å². The summed E-state index contributed by atoms with van der Waals surface area (Å²) in [6.07, 6.45) is 4.39. The predicted molar refractivity (Wildman–Crippen MR) is 174 cm³/mol. The van der Waals surface area contributed by atoms with Crippen LogP contribution < -0.4 is 31.2 Å². The highest BCUT2D eigenvalue weighted by atomic mass is 35.5. The maximum atomic E-state index is 13.6. The molecule has 0 aliphatic heterocycles. The summed E-state index contributed by atoms with van der Waals surface area (Å²) in [7, 11) is 1.48. The SMILES string of the molecule is COc1cc(/C=C/C(=O)Nc2ccc3ncnc(Nc4ccc(F)c(Cl)c4)c3c2)ccc1OCC(=O)NCCOCCOCCN. The second-order valence-electron chi connectivity index (χ2n) is 9.59. The quantitative estimate of drug-likeness (QED) is 0.0956. The lowest BCUT2D eigenvalue weighted by molar-refractivity contribution is -0.123. The molecule has 2 amide bonds. The van der Waals surface area contributed by atoms with E-state index in [1.165, 1.54) is 31.6 Å². The van der Waals surface area contributed by atoms with Crippen molar-refractivity contribution in [2.75, 3.05) is 63.9 Å². The molecule has 46 heavy (non-hydrogen) atoms. The lowest BCUT2D eigenvalue weighted by atomic mass is 10.1. The Morgan fingerprint density at radius 3 is 2.54 bits per heavy atom. The van der Waals surface area contributed by atoms with Crippen molar-refractivity contribution in [3.63, 3.8) is 0 Å². The standard InChI is InChI=1S/C32H34ClFN6O6/c1-43-29-16-21(2-8-28(29)46-19-31(42)36-11-13-45-15-14-44-12-10-35)3-9-30(41)39-22-5-7-27-24(17-22)32(38-20-37-27)40-23-4-6-26(34)25(33)18-23/h2-9,16-18,20H,10-15,19,35H2,1H3,(H,36,42)(H,39,41)(H,37,38,40)/b9-3+. The van der Waals surface area contributed by atoms with Gasteiger partial charge in [-0.2, -0.15) is 0 Å². The number of ether oxygens (including phenoxy) is 4. The van der Waals surface area contributed by atoms with Crippen molar-refractivity contribution in [2.24, 2.45) is 5.73 Å². The molecule has 4 aromatic rings. The van der Waals surface area contributed by atoms with E-state index in [0.717, 1.165) is 0 Å². The number of anilines is 3. The maximum Gasteiger partial charge on any atom is 0.258 e. The van der Waals surface area contributed by atoms with Gasteiger partial charge in [-0.05, 0) is 60.2 Å². The van der Waals surface area contributed by atoms with Gasteiger partial charge < -0.3 is 40.6 Å². The van der Waals surface area contributed by atoms with E-state index in [1.54, 1.807) is 48.5 Å². The Kier molecular flexibility index (Phi) is 13.0. The fourth-order valence-corrected chi connectivity index (χ4v) is 4.25. The fraction of sp³-hybridized carbons (Fsp3) is 0.250. The monoisotopic (exact) mass is 652 g/mol. The molecule has 0 fully saturated rings. The average molecular weight is 653 g/mol. The zero-order chi connectivity index (χ0) is 32.7. The number of amides is 2. The highest BCUT2D eigenvalue weighted by Gasteiger charge is 2.10. The van der Waals surface area contributed by atoms with Gasteiger partial charge in [-0.25, -0.2) is 14.4 Å². The number of aromatic nitrogens is 2. The van der Waals surface area contributed by atoms with Crippen LogP contribution in [0.3, 0.4) is 0 Å². The van der Waals surface area contributed by atoms with Crippen LogP contribution in [0.1, 0.15) is 5.56 Å². The van der Waals surface area contributed by atoms with E-state index in [9.17, 15) is 14.0 Å². The van der Waals surface area contributed by atoms with Crippen LogP contribution in [0.15, 0.2) is 67.0 Å². The molecule has 1 aromatic heterocycles. The number of methoxy groups -OCH3 is 1. The van der Waals surface area contributed by atoms with Crippen molar-refractivity contribution in [1.82, 2.24) is 15.3 Å². The molecule has 242 valence electrons. The highest BCUT2D eigenvalue weighted by molar-refractivity contribution is 6.31. The molecule has 0 aliphatic carbocycles. The topological polar surface area (TPSA) is 159 Å². The number of nitrogens with zero attached hydrogens (tertiary/aromatic N) is 2. The number of nitrogens with one attached hydrogen (secondary N) is 3. The molecular weight excluding hydrogens is 619 g/mol. The van der Waals surface area contributed by atoms with Crippen LogP contribution in [-0.4, -0.2) is 75.0 Å². The van der Waals surface area contributed by atoms with Gasteiger partial charge in [0.1, 0.15) is 18.0 Å². The summed E-state index contributed by atoms with van der Waals surface area (Å²) in [6.45, 7) is 2.27. The Balaban J connectivity index is 1.29. The summed E-state index contributed by atoms with van der Waals surface area (Å²) >= 11 is 5.90. The molecule has 12 nitrogen and oxygen atoms in total. The van der Waals surface area contributed by atoms with Crippen LogP contribution in [0.2, 0.25) is 5.02 Å². The van der Waals surface area contributed by atoms with Crippen molar-refractivity contribution in [1.29, 1.82) is 0 Å². The summed E-state index contributed by atoms with van der Waals surface area (Å²) in [6, 6.07) is 14.5. The van der Waals surface area contributed by atoms with Crippen molar-refractivity contribution < 1.29 is 32.9 Å². The largest absolute Gasteiger partial charge is 0.493 e. The summed E-state index contributed by atoms with van der Waals surface area (Å²) in [4.78, 5) is 33.4. The van der Waals surface area contributed by atoms with Gasteiger partial charge in [-0.3, -0.25) is 9.59 Å². The molecule has 0 saturated carbocycles. The Morgan fingerprint density at radius 2 is 1.76 bits per heavy atom. The Morgan fingerprint density at radius 1 is 0.957 bits per heavy atom. The molecule has 14 heteroatoms. The number of halogens is 2. The number of carbonyl (C=O) groups excluding carboxylic acids is 2. The average Bonchev–Trinajstić information content (AvgIpc) is 3.06. The first-order valence-electron chi connectivity index (χ1n) is 14.2. The van der Waals surface area contributed by atoms with Gasteiger partial charge in [0.05, 0.1) is 44.1 Å².